The zero-order valence-corrected chi connectivity index (χ0v) is 13.1. The normalized spacial score (nSPS) is 11.4. The Bertz CT molecular complexity index is 580. The number of aromatic nitrogens is 3. The molecule has 0 aliphatic heterocycles. The lowest BCUT2D eigenvalue weighted by Gasteiger charge is -2.19. The SMILES string of the molecule is CCOC(=O)C(C)(C)c1csc(NCCc2ncon2)n1. The highest BCUT2D eigenvalue weighted by Gasteiger charge is 2.33. The summed E-state index contributed by atoms with van der Waals surface area (Å²) in [6.07, 6.45) is 1.95. The van der Waals surface area contributed by atoms with Crippen molar-refractivity contribution in [3.8, 4) is 0 Å². The molecule has 21 heavy (non-hydrogen) atoms. The first-order chi connectivity index (χ1) is 10.0. The molecule has 0 amide bonds. The van der Waals surface area contributed by atoms with Crippen molar-refractivity contribution in [2.24, 2.45) is 0 Å². The molecule has 0 saturated heterocycles. The van der Waals surface area contributed by atoms with Gasteiger partial charge in [0.15, 0.2) is 11.0 Å². The Morgan fingerprint density at radius 3 is 3.00 bits per heavy atom. The molecule has 0 aliphatic rings. The predicted molar refractivity (Wildman–Crippen MR) is 78.3 cm³/mol. The zero-order valence-electron chi connectivity index (χ0n) is 12.3. The molecular formula is C13H18N4O3S. The van der Waals surface area contributed by atoms with E-state index in [1.165, 1.54) is 17.7 Å². The first-order valence-electron chi connectivity index (χ1n) is 6.66. The van der Waals surface area contributed by atoms with Gasteiger partial charge in [0, 0.05) is 18.3 Å². The van der Waals surface area contributed by atoms with Crippen molar-refractivity contribution in [2.75, 3.05) is 18.5 Å². The van der Waals surface area contributed by atoms with Gasteiger partial charge in [-0.1, -0.05) is 5.16 Å². The molecule has 0 spiro atoms. The van der Waals surface area contributed by atoms with Gasteiger partial charge < -0.3 is 14.6 Å². The molecule has 114 valence electrons. The van der Waals surface area contributed by atoms with Crippen molar-refractivity contribution < 1.29 is 14.1 Å². The number of esters is 1. The van der Waals surface area contributed by atoms with Gasteiger partial charge in [0.1, 0.15) is 5.41 Å². The fourth-order valence-electron chi connectivity index (χ4n) is 1.64. The van der Waals surface area contributed by atoms with E-state index in [1.54, 1.807) is 6.92 Å². The second-order valence-corrected chi connectivity index (χ2v) is 5.77. The van der Waals surface area contributed by atoms with E-state index in [1.807, 2.05) is 19.2 Å². The maximum Gasteiger partial charge on any atom is 0.317 e. The quantitative estimate of drug-likeness (QED) is 0.782. The van der Waals surface area contributed by atoms with Gasteiger partial charge in [-0.25, -0.2) is 4.98 Å². The van der Waals surface area contributed by atoms with Gasteiger partial charge in [-0.3, -0.25) is 4.79 Å². The largest absolute Gasteiger partial charge is 0.465 e. The lowest BCUT2D eigenvalue weighted by Crippen LogP contribution is -2.31. The number of carbonyl (C=O) groups is 1. The smallest absolute Gasteiger partial charge is 0.317 e. The molecule has 0 radical (unpaired) electrons. The summed E-state index contributed by atoms with van der Waals surface area (Å²) in [5.74, 6) is 0.375. The fraction of sp³-hybridized carbons (Fsp3) is 0.538. The van der Waals surface area contributed by atoms with Crippen LogP contribution in [-0.4, -0.2) is 34.2 Å². The number of nitrogens with one attached hydrogen (secondary N) is 1. The second kappa shape index (κ2) is 6.66. The summed E-state index contributed by atoms with van der Waals surface area (Å²) in [6, 6.07) is 0. The van der Waals surface area contributed by atoms with Gasteiger partial charge in [0.25, 0.3) is 0 Å². The van der Waals surface area contributed by atoms with E-state index in [-0.39, 0.29) is 5.97 Å². The van der Waals surface area contributed by atoms with Gasteiger partial charge in [0.05, 0.1) is 12.3 Å². The summed E-state index contributed by atoms with van der Waals surface area (Å²) >= 11 is 1.45. The molecule has 2 heterocycles. The predicted octanol–water partition coefficient (Wildman–Crippen LogP) is 2.02. The van der Waals surface area contributed by atoms with Crippen LogP contribution in [0.1, 0.15) is 32.3 Å². The Morgan fingerprint density at radius 2 is 2.33 bits per heavy atom. The molecule has 0 bridgehead atoms. The lowest BCUT2D eigenvalue weighted by molar-refractivity contribution is -0.148. The number of rotatable bonds is 7. The molecule has 2 aromatic heterocycles. The maximum absolute atomic E-state index is 11.9. The lowest BCUT2D eigenvalue weighted by atomic mass is 9.90. The van der Waals surface area contributed by atoms with Crippen LogP contribution in [-0.2, 0) is 21.4 Å². The molecule has 8 heteroatoms. The maximum atomic E-state index is 11.9. The number of anilines is 1. The van der Waals surface area contributed by atoms with E-state index in [2.05, 4.69) is 25.0 Å². The Hall–Kier alpha value is -1.96. The highest BCUT2D eigenvalue weighted by molar-refractivity contribution is 7.13. The van der Waals surface area contributed by atoms with Crippen molar-refractivity contribution in [3.05, 3.63) is 23.3 Å². The molecule has 7 nitrogen and oxygen atoms in total. The number of nitrogens with zero attached hydrogens (tertiary/aromatic N) is 3. The van der Waals surface area contributed by atoms with E-state index in [0.717, 1.165) is 5.13 Å². The minimum atomic E-state index is -0.750. The summed E-state index contributed by atoms with van der Waals surface area (Å²) in [4.78, 5) is 20.3. The average molecular weight is 310 g/mol. The second-order valence-electron chi connectivity index (χ2n) is 4.91. The number of thiazole rings is 1. The minimum absolute atomic E-state index is 0.270. The fourth-order valence-corrected chi connectivity index (χ4v) is 2.55. The molecule has 0 saturated carbocycles. The number of hydrogen-bond donors (Lipinski definition) is 1. The highest BCUT2D eigenvalue weighted by atomic mass is 32.1. The molecule has 0 atom stereocenters. The van der Waals surface area contributed by atoms with E-state index in [9.17, 15) is 4.79 Å². The van der Waals surface area contributed by atoms with Crippen LogP contribution in [0.5, 0.6) is 0 Å². The molecule has 0 unspecified atom stereocenters. The summed E-state index contributed by atoms with van der Waals surface area (Å²) in [5, 5.41) is 9.54. The molecule has 1 N–H and O–H groups in total. The molecule has 2 aromatic rings. The first kappa shape index (κ1) is 15.4. The number of carbonyl (C=O) groups excluding carboxylic acids is 1. The Labute approximate surface area is 126 Å². The third-order valence-electron chi connectivity index (χ3n) is 2.96. The average Bonchev–Trinajstić information content (AvgIpc) is 3.10. The topological polar surface area (TPSA) is 90.1 Å². The van der Waals surface area contributed by atoms with E-state index >= 15 is 0 Å². The van der Waals surface area contributed by atoms with Crippen molar-refractivity contribution in [3.63, 3.8) is 0 Å². The Kier molecular flexibility index (Phi) is 4.89. The highest BCUT2D eigenvalue weighted by Crippen LogP contribution is 2.28. The molecule has 0 aliphatic carbocycles. The molecule has 0 aromatic carbocycles. The zero-order chi connectivity index (χ0) is 15.3. The summed E-state index contributed by atoms with van der Waals surface area (Å²) in [6.45, 7) is 6.42. The molecular weight excluding hydrogens is 292 g/mol. The van der Waals surface area contributed by atoms with Crippen LogP contribution < -0.4 is 5.32 Å². The summed E-state index contributed by atoms with van der Waals surface area (Å²) in [7, 11) is 0. The van der Waals surface area contributed by atoms with Crippen molar-refractivity contribution in [1.82, 2.24) is 15.1 Å². The number of ether oxygens (including phenoxy) is 1. The van der Waals surface area contributed by atoms with Crippen LogP contribution in [0.15, 0.2) is 16.3 Å². The van der Waals surface area contributed by atoms with E-state index < -0.39 is 5.41 Å². The van der Waals surface area contributed by atoms with Crippen LogP contribution in [0.2, 0.25) is 0 Å². The van der Waals surface area contributed by atoms with Gasteiger partial charge in [-0.15, -0.1) is 11.3 Å². The van der Waals surface area contributed by atoms with Gasteiger partial charge in [-0.2, -0.15) is 4.98 Å². The van der Waals surface area contributed by atoms with Crippen LogP contribution in [0.3, 0.4) is 0 Å². The Balaban J connectivity index is 1.92. The third-order valence-corrected chi connectivity index (χ3v) is 3.76. The van der Waals surface area contributed by atoms with Crippen LogP contribution in [0.4, 0.5) is 5.13 Å². The third kappa shape index (κ3) is 3.78. The summed E-state index contributed by atoms with van der Waals surface area (Å²) < 4.78 is 9.74. The monoisotopic (exact) mass is 310 g/mol. The van der Waals surface area contributed by atoms with Crippen molar-refractivity contribution in [1.29, 1.82) is 0 Å². The Morgan fingerprint density at radius 1 is 1.52 bits per heavy atom. The van der Waals surface area contributed by atoms with Crippen LogP contribution >= 0.6 is 11.3 Å². The molecule has 0 fully saturated rings. The van der Waals surface area contributed by atoms with Crippen molar-refractivity contribution in [2.45, 2.75) is 32.6 Å². The van der Waals surface area contributed by atoms with Gasteiger partial charge in [0.2, 0.25) is 6.39 Å². The van der Waals surface area contributed by atoms with Crippen LogP contribution in [0.25, 0.3) is 0 Å². The standard InChI is InChI=1S/C13H18N4O3S/c1-4-19-11(18)13(2,3)9-7-21-12(16-9)14-6-5-10-15-8-20-17-10/h7-8H,4-6H2,1-3H3,(H,14,16). The van der Waals surface area contributed by atoms with Gasteiger partial charge in [-0.05, 0) is 20.8 Å². The van der Waals surface area contributed by atoms with Crippen molar-refractivity contribution >= 4 is 22.4 Å². The van der Waals surface area contributed by atoms with E-state index in [0.29, 0.717) is 31.1 Å². The number of hydrogen-bond acceptors (Lipinski definition) is 8. The van der Waals surface area contributed by atoms with Crippen LogP contribution in [0, 0.1) is 0 Å². The van der Waals surface area contributed by atoms with E-state index in [4.69, 9.17) is 4.74 Å². The summed E-state index contributed by atoms with van der Waals surface area (Å²) in [5.41, 5.74) is -0.0480. The molecule has 2 rings (SSSR count). The first-order valence-corrected chi connectivity index (χ1v) is 7.54. The van der Waals surface area contributed by atoms with Gasteiger partial charge >= 0.3 is 5.97 Å². The minimum Gasteiger partial charge on any atom is -0.465 e.